The zero-order valence-electron chi connectivity index (χ0n) is 12.7. The number of hydrogen-bond donors (Lipinski definition) is 0. The van der Waals surface area contributed by atoms with Gasteiger partial charge in [-0.1, -0.05) is 57.7 Å². The molecule has 0 spiro atoms. The first kappa shape index (κ1) is 14.8. The van der Waals surface area contributed by atoms with Gasteiger partial charge < -0.3 is 0 Å². The second-order valence-electron chi connectivity index (χ2n) is 5.42. The highest BCUT2D eigenvalue weighted by molar-refractivity contribution is 6.30. The molecule has 0 saturated carbocycles. The van der Waals surface area contributed by atoms with Crippen molar-refractivity contribution in [3.63, 3.8) is 0 Å². The lowest BCUT2D eigenvalue weighted by molar-refractivity contribution is 0.575. The zero-order chi connectivity index (χ0) is 16.4. The molecule has 0 saturated heterocycles. The SMILES string of the molecule is Clc1ccc(C2=NN=N[N+]2(c2ccccc2)c2ccccc2)cc1. The normalized spacial score (nSPS) is 15.3. The van der Waals surface area contributed by atoms with E-state index in [-0.39, 0.29) is 4.59 Å². The van der Waals surface area contributed by atoms with E-state index in [0.29, 0.717) is 5.02 Å². The van der Waals surface area contributed by atoms with Gasteiger partial charge in [-0.25, -0.2) is 0 Å². The van der Waals surface area contributed by atoms with Gasteiger partial charge >= 0.3 is 0 Å². The van der Waals surface area contributed by atoms with Gasteiger partial charge in [-0.2, -0.15) is 0 Å². The molecule has 1 heterocycles. The van der Waals surface area contributed by atoms with Crippen LogP contribution in [0.15, 0.2) is 100 Å². The second kappa shape index (κ2) is 6.00. The summed E-state index contributed by atoms with van der Waals surface area (Å²) in [5.41, 5.74) is 2.87. The Morgan fingerprint density at radius 2 is 1.21 bits per heavy atom. The number of rotatable bonds is 3. The maximum absolute atomic E-state index is 6.03. The van der Waals surface area contributed by atoms with E-state index in [9.17, 15) is 0 Å². The maximum Gasteiger partial charge on any atom is 0.294 e. The summed E-state index contributed by atoms with van der Waals surface area (Å²) in [5.74, 6) is 0.740. The van der Waals surface area contributed by atoms with Gasteiger partial charge in [-0.15, -0.1) is 0 Å². The number of quaternary nitrogens is 1. The molecule has 5 heteroatoms. The van der Waals surface area contributed by atoms with Crippen LogP contribution in [0, 0.1) is 0 Å². The van der Waals surface area contributed by atoms with E-state index in [0.717, 1.165) is 22.8 Å². The summed E-state index contributed by atoms with van der Waals surface area (Å²) < 4.78 is 0.101. The highest BCUT2D eigenvalue weighted by atomic mass is 35.5. The minimum Gasteiger partial charge on any atom is -0.0843 e. The van der Waals surface area contributed by atoms with E-state index in [2.05, 4.69) is 15.5 Å². The number of benzene rings is 3. The molecule has 0 aliphatic carbocycles. The van der Waals surface area contributed by atoms with Crippen LogP contribution in [0.1, 0.15) is 5.56 Å². The number of amidine groups is 1. The van der Waals surface area contributed by atoms with Crippen LogP contribution in [-0.2, 0) is 0 Å². The Kier molecular flexibility index (Phi) is 3.69. The molecule has 0 atom stereocenters. The fourth-order valence-electron chi connectivity index (χ4n) is 2.86. The van der Waals surface area contributed by atoms with Crippen molar-refractivity contribution in [3.05, 3.63) is 95.5 Å². The van der Waals surface area contributed by atoms with Crippen molar-refractivity contribution in [1.82, 2.24) is 4.59 Å². The van der Waals surface area contributed by atoms with Crippen molar-refractivity contribution in [2.75, 3.05) is 0 Å². The Hall–Kier alpha value is -2.82. The molecule has 0 radical (unpaired) electrons. The van der Waals surface area contributed by atoms with Gasteiger partial charge in [0, 0.05) is 34.5 Å². The topological polar surface area (TPSA) is 37.1 Å². The fourth-order valence-corrected chi connectivity index (χ4v) is 2.98. The number of nitrogens with zero attached hydrogens (tertiary/aromatic N) is 4. The lowest BCUT2D eigenvalue weighted by Gasteiger charge is -2.26. The van der Waals surface area contributed by atoms with Crippen LogP contribution in [-0.4, -0.2) is 5.84 Å². The first-order valence-corrected chi connectivity index (χ1v) is 7.95. The molecular weight excluding hydrogens is 320 g/mol. The zero-order valence-corrected chi connectivity index (χ0v) is 13.5. The molecule has 1 aliphatic heterocycles. The lowest BCUT2D eigenvalue weighted by Crippen LogP contribution is -2.43. The van der Waals surface area contributed by atoms with E-state index in [1.165, 1.54) is 0 Å². The third-order valence-corrected chi connectivity index (χ3v) is 4.23. The van der Waals surface area contributed by atoms with Crippen LogP contribution < -0.4 is 4.59 Å². The molecule has 0 amide bonds. The van der Waals surface area contributed by atoms with E-state index >= 15 is 0 Å². The Morgan fingerprint density at radius 3 is 1.75 bits per heavy atom. The summed E-state index contributed by atoms with van der Waals surface area (Å²) in [7, 11) is 0. The largest absolute Gasteiger partial charge is 0.294 e. The molecule has 0 unspecified atom stereocenters. The molecule has 1 aliphatic rings. The van der Waals surface area contributed by atoms with Gasteiger partial charge in [0.25, 0.3) is 5.84 Å². The van der Waals surface area contributed by atoms with Crippen LogP contribution >= 0.6 is 11.6 Å². The van der Waals surface area contributed by atoms with E-state index in [1.807, 2.05) is 84.9 Å². The number of para-hydroxylation sites is 2. The summed E-state index contributed by atoms with van der Waals surface area (Å²) in [5, 5.41) is 13.6. The molecule has 0 fully saturated rings. The third-order valence-electron chi connectivity index (χ3n) is 3.98. The van der Waals surface area contributed by atoms with Gasteiger partial charge in [0.15, 0.2) is 11.4 Å². The monoisotopic (exact) mass is 333 g/mol. The quantitative estimate of drug-likeness (QED) is 0.549. The molecule has 3 aromatic carbocycles. The molecule has 0 N–H and O–H groups in total. The highest BCUT2D eigenvalue weighted by Gasteiger charge is 2.45. The van der Waals surface area contributed by atoms with Crippen molar-refractivity contribution in [2.24, 2.45) is 15.5 Å². The Labute approximate surface area is 144 Å². The smallest absolute Gasteiger partial charge is 0.0843 e. The van der Waals surface area contributed by atoms with Gasteiger partial charge in [-0.05, 0) is 24.3 Å². The fraction of sp³-hybridized carbons (Fsp3) is 0. The number of hydrogen-bond acceptors (Lipinski definition) is 3. The summed E-state index contributed by atoms with van der Waals surface area (Å²) in [4.78, 5) is 0. The highest BCUT2D eigenvalue weighted by Crippen LogP contribution is 2.40. The average molecular weight is 334 g/mol. The van der Waals surface area contributed by atoms with Crippen molar-refractivity contribution in [1.29, 1.82) is 0 Å². The van der Waals surface area contributed by atoms with Crippen LogP contribution in [0.2, 0.25) is 5.02 Å². The van der Waals surface area contributed by atoms with Gasteiger partial charge in [0.2, 0.25) is 0 Å². The molecule has 4 rings (SSSR count). The van der Waals surface area contributed by atoms with Crippen LogP contribution in [0.25, 0.3) is 0 Å². The lowest BCUT2D eigenvalue weighted by atomic mass is 10.1. The van der Waals surface area contributed by atoms with Crippen LogP contribution in [0.5, 0.6) is 0 Å². The molecular formula is C19H14ClN4+. The predicted octanol–water partition coefficient (Wildman–Crippen LogP) is 5.72. The van der Waals surface area contributed by atoms with Crippen molar-refractivity contribution in [2.45, 2.75) is 0 Å². The average Bonchev–Trinajstić information content (AvgIpc) is 3.10. The van der Waals surface area contributed by atoms with E-state index in [4.69, 9.17) is 11.6 Å². The van der Waals surface area contributed by atoms with Crippen LogP contribution in [0.4, 0.5) is 11.4 Å². The Bertz CT molecular complexity index is 864. The second-order valence-corrected chi connectivity index (χ2v) is 5.85. The standard InChI is InChI=1S/C19H14ClN4/c20-16-13-11-15(12-14-16)19-21-22-23-24(19,17-7-3-1-4-8-17)18-9-5-2-6-10-18/h1-14H/q+1. The van der Waals surface area contributed by atoms with Crippen molar-refractivity contribution < 1.29 is 0 Å². The first-order chi connectivity index (χ1) is 11.8. The van der Waals surface area contributed by atoms with E-state index in [1.54, 1.807) is 0 Å². The Morgan fingerprint density at radius 1 is 0.667 bits per heavy atom. The molecule has 24 heavy (non-hydrogen) atoms. The van der Waals surface area contributed by atoms with Gasteiger partial charge in [-0.3, -0.25) is 0 Å². The minimum absolute atomic E-state index is 0.101. The van der Waals surface area contributed by atoms with Crippen molar-refractivity contribution in [3.8, 4) is 0 Å². The molecule has 4 nitrogen and oxygen atoms in total. The third kappa shape index (κ3) is 2.33. The summed E-state index contributed by atoms with van der Waals surface area (Å²) in [6.45, 7) is 0. The summed E-state index contributed by atoms with van der Waals surface area (Å²) >= 11 is 6.03. The molecule has 116 valence electrons. The predicted molar refractivity (Wildman–Crippen MR) is 97.2 cm³/mol. The van der Waals surface area contributed by atoms with Crippen molar-refractivity contribution >= 4 is 28.8 Å². The number of halogens is 1. The molecule has 0 aromatic heterocycles. The van der Waals surface area contributed by atoms with Gasteiger partial charge in [0.05, 0.1) is 10.8 Å². The minimum atomic E-state index is 0.101. The summed E-state index contributed by atoms with van der Waals surface area (Å²) in [6.07, 6.45) is 0. The van der Waals surface area contributed by atoms with Gasteiger partial charge in [0.1, 0.15) is 0 Å². The first-order valence-electron chi connectivity index (χ1n) is 7.58. The Balaban J connectivity index is 1.95. The summed E-state index contributed by atoms with van der Waals surface area (Å²) in [6, 6.07) is 27.6. The van der Waals surface area contributed by atoms with E-state index < -0.39 is 0 Å². The molecule has 0 bridgehead atoms. The molecule has 3 aromatic rings. The van der Waals surface area contributed by atoms with Crippen LogP contribution in [0.3, 0.4) is 0 Å². The maximum atomic E-state index is 6.03.